The van der Waals surface area contributed by atoms with Gasteiger partial charge in [-0.15, -0.1) is 0 Å². The zero-order valence-corrected chi connectivity index (χ0v) is 11.8. The van der Waals surface area contributed by atoms with Gasteiger partial charge in [-0.25, -0.2) is 0 Å². The fraction of sp³-hybridized carbons (Fsp3) is 0.600. The highest BCUT2D eigenvalue weighted by atomic mass is 16.1. The van der Waals surface area contributed by atoms with Crippen molar-refractivity contribution in [1.29, 1.82) is 0 Å². The second-order valence-electron chi connectivity index (χ2n) is 5.50. The molecular weight excluding hydrogens is 238 g/mol. The Morgan fingerprint density at radius 1 is 1.32 bits per heavy atom. The van der Waals surface area contributed by atoms with Gasteiger partial charge in [-0.1, -0.05) is 13.8 Å². The quantitative estimate of drug-likeness (QED) is 0.881. The molecule has 1 aliphatic rings. The summed E-state index contributed by atoms with van der Waals surface area (Å²) in [6, 6.07) is 3.93. The van der Waals surface area contributed by atoms with Crippen molar-refractivity contribution in [3.8, 4) is 0 Å². The highest BCUT2D eigenvalue weighted by Crippen LogP contribution is 2.17. The summed E-state index contributed by atoms with van der Waals surface area (Å²) in [6.45, 7) is 7.49. The Labute approximate surface area is 115 Å². The fourth-order valence-electron chi connectivity index (χ4n) is 2.66. The van der Waals surface area contributed by atoms with Crippen LogP contribution in [-0.2, 0) is 0 Å². The van der Waals surface area contributed by atoms with E-state index in [-0.39, 0.29) is 5.91 Å². The molecule has 104 valence electrons. The molecule has 4 nitrogen and oxygen atoms in total. The van der Waals surface area contributed by atoms with Crippen LogP contribution in [0.3, 0.4) is 0 Å². The van der Waals surface area contributed by atoms with E-state index in [9.17, 15) is 4.79 Å². The van der Waals surface area contributed by atoms with E-state index >= 15 is 0 Å². The summed E-state index contributed by atoms with van der Waals surface area (Å²) in [4.78, 5) is 18.5. The SMILES string of the molecule is CC(C)C(CNC(=O)c1ccncc1)N1CCCC1. The van der Waals surface area contributed by atoms with Gasteiger partial charge in [-0.2, -0.15) is 0 Å². The van der Waals surface area contributed by atoms with Crippen molar-refractivity contribution in [3.63, 3.8) is 0 Å². The third-order valence-electron chi connectivity index (χ3n) is 3.79. The number of aromatic nitrogens is 1. The van der Waals surface area contributed by atoms with E-state index in [1.54, 1.807) is 24.5 Å². The van der Waals surface area contributed by atoms with Gasteiger partial charge in [-0.3, -0.25) is 14.7 Å². The van der Waals surface area contributed by atoms with Gasteiger partial charge in [0.15, 0.2) is 0 Å². The van der Waals surface area contributed by atoms with E-state index in [0.717, 1.165) is 19.6 Å². The van der Waals surface area contributed by atoms with Gasteiger partial charge in [0, 0.05) is 30.5 Å². The van der Waals surface area contributed by atoms with Crippen LogP contribution in [0.15, 0.2) is 24.5 Å². The molecule has 0 saturated carbocycles. The van der Waals surface area contributed by atoms with Crippen LogP contribution < -0.4 is 5.32 Å². The maximum Gasteiger partial charge on any atom is 0.251 e. The summed E-state index contributed by atoms with van der Waals surface area (Å²) in [5.74, 6) is 0.545. The Morgan fingerprint density at radius 2 is 1.95 bits per heavy atom. The topological polar surface area (TPSA) is 45.2 Å². The first-order valence-electron chi connectivity index (χ1n) is 7.11. The molecule has 1 aromatic rings. The number of hydrogen-bond acceptors (Lipinski definition) is 3. The molecule has 1 fully saturated rings. The van der Waals surface area contributed by atoms with Gasteiger partial charge in [0.05, 0.1) is 0 Å². The molecule has 0 aliphatic carbocycles. The third-order valence-corrected chi connectivity index (χ3v) is 3.79. The Balaban J connectivity index is 1.90. The van der Waals surface area contributed by atoms with Gasteiger partial charge < -0.3 is 5.32 Å². The zero-order chi connectivity index (χ0) is 13.7. The molecule has 1 aliphatic heterocycles. The van der Waals surface area contributed by atoms with Crippen molar-refractivity contribution in [2.75, 3.05) is 19.6 Å². The number of carbonyl (C=O) groups is 1. The molecule has 0 bridgehead atoms. The predicted molar refractivity (Wildman–Crippen MR) is 76.0 cm³/mol. The molecule has 1 N–H and O–H groups in total. The number of carbonyl (C=O) groups excluding carboxylic acids is 1. The summed E-state index contributed by atoms with van der Waals surface area (Å²) in [5.41, 5.74) is 0.680. The molecule has 0 spiro atoms. The normalized spacial score (nSPS) is 17.6. The van der Waals surface area contributed by atoms with Gasteiger partial charge >= 0.3 is 0 Å². The lowest BCUT2D eigenvalue weighted by molar-refractivity contribution is 0.0927. The molecule has 1 aromatic heterocycles. The second kappa shape index (κ2) is 6.66. The van der Waals surface area contributed by atoms with E-state index < -0.39 is 0 Å². The Morgan fingerprint density at radius 3 is 2.53 bits per heavy atom. The number of amides is 1. The number of hydrogen-bond donors (Lipinski definition) is 1. The van der Waals surface area contributed by atoms with E-state index in [2.05, 4.69) is 29.0 Å². The van der Waals surface area contributed by atoms with E-state index in [1.165, 1.54) is 12.8 Å². The minimum Gasteiger partial charge on any atom is -0.350 e. The van der Waals surface area contributed by atoms with Crippen LogP contribution in [0.2, 0.25) is 0 Å². The summed E-state index contributed by atoms with van der Waals surface area (Å²) in [6.07, 6.45) is 5.85. The molecule has 1 saturated heterocycles. The van der Waals surface area contributed by atoms with Crippen LogP contribution in [0.25, 0.3) is 0 Å². The third kappa shape index (κ3) is 3.77. The maximum absolute atomic E-state index is 12.0. The highest BCUT2D eigenvalue weighted by Gasteiger charge is 2.24. The van der Waals surface area contributed by atoms with E-state index in [0.29, 0.717) is 17.5 Å². The molecule has 2 rings (SSSR count). The molecule has 1 atom stereocenters. The Hall–Kier alpha value is -1.42. The molecular formula is C15H23N3O. The van der Waals surface area contributed by atoms with Gasteiger partial charge in [0.1, 0.15) is 0 Å². The number of likely N-dealkylation sites (tertiary alicyclic amines) is 1. The first-order valence-corrected chi connectivity index (χ1v) is 7.11. The average molecular weight is 261 g/mol. The number of nitrogens with one attached hydrogen (secondary N) is 1. The van der Waals surface area contributed by atoms with Crippen molar-refractivity contribution >= 4 is 5.91 Å². The summed E-state index contributed by atoms with van der Waals surface area (Å²) in [5, 5.41) is 3.05. The van der Waals surface area contributed by atoms with Crippen molar-refractivity contribution in [2.24, 2.45) is 5.92 Å². The second-order valence-corrected chi connectivity index (χ2v) is 5.50. The minimum atomic E-state index is -0.00718. The van der Waals surface area contributed by atoms with Gasteiger partial charge in [0.2, 0.25) is 0 Å². The largest absolute Gasteiger partial charge is 0.350 e. The van der Waals surface area contributed by atoms with Crippen LogP contribution in [0, 0.1) is 5.92 Å². The molecule has 2 heterocycles. The molecule has 1 unspecified atom stereocenters. The standard InChI is InChI=1S/C15H23N3O/c1-12(2)14(18-9-3-4-10-18)11-17-15(19)13-5-7-16-8-6-13/h5-8,12,14H,3-4,9-11H2,1-2H3,(H,17,19). The van der Waals surface area contributed by atoms with E-state index in [4.69, 9.17) is 0 Å². The summed E-state index contributed by atoms with van der Waals surface area (Å²) >= 11 is 0. The molecule has 0 aromatic carbocycles. The van der Waals surface area contributed by atoms with Crippen LogP contribution in [0.1, 0.15) is 37.0 Å². The van der Waals surface area contributed by atoms with Crippen LogP contribution in [0.4, 0.5) is 0 Å². The summed E-state index contributed by atoms with van der Waals surface area (Å²) in [7, 11) is 0. The van der Waals surface area contributed by atoms with Crippen LogP contribution >= 0.6 is 0 Å². The summed E-state index contributed by atoms with van der Waals surface area (Å²) < 4.78 is 0. The number of nitrogens with zero attached hydrogens (tertiary/aromatic N) is 2. The van der Waals surface area contributed by atoms with Gasteiger partial charge in [0.25, 0.3) is 5.91 Å². The lowest BCUT2D eigenvalue weighted by atomic mass is 10.0. The van der Waals surface area contributed by atoms with Crippen LogP contribution in [0.5, 0.6) is 0 Å². The van der Waals surface area contributed by atoms with E-state index in [1.807, 2.05) is 0 Å². The first kappa shape index (κ1) is 14.0. The van der Waals surface area contributed by atoms with Crippen molar-refractivity contribution in [3.05, 3.63) is 30.1 Å². The highest BCUT2D eigenvalue weighted by molar-refractivity contribution is 5.93. The molecule has 4 heteroatoms. The monoisotopic (exact) mass is 261 g/mol. The Kier molecular flexibility index (Phi) is 4.91. The number of rotatable bonds is 5. The van der Waals surface area contributed by atoms with Crippen LogP contribution in [-0.4, -0.2) is 41.5 Å². The molecule has 19 heavy (non-hydrogen) atoms. The Bertz CT molecular complexity index is 399. The minimum absolute atomic E-state index is 0.00718. The fourth-order valence-corrected chi connectivity index (χ4v) is 2.66. The molecule has 1 amide bonds. The number of pyridine rings is 1. The lowest BCUT2D eigenvalue weighted by Gasteiger charge is -2.31. The zero-order valence-electron chi connectivity index (χ0n) is 11.8. The molecule has 0 radical (unpaired) electrons. The van der Waals surface area contributed by atoms with Crippen molar-refractivity contribution in [2.45, 2.75) is 32.7 Å². The van der Waals surface area contributed by atoms with Crippen molar-refractivity contribution < 1.29 is 4.79 Å². The van der Waals surface area contributed by atoms with Gasteiger partial charge in [-0.05, 0) is 44.0 Å². The first-order chi connectivity index (χ1) is 9.18. The maximum atomic E-state index is 12.0. The predicted octanol–water partition coefficient (Wildman–Crippen LogP) is 1.93. The smallest absolute Gasteiger partial charge is 0.251 e. The van der Waals surface area contributed by atoms with Crippen molar-refractivity contribution in [1.82, 2.24) is 15.2 Å². The lowest BCUT2D eigenvalue weighted by Crippen LogP contribution is -2.45. The average Bonchev–Trinajstić information content (AvgIpc) is 2.93.